The van der Waals surface area contributed by atoms with Gasteiger partial charge in [-0.2, -0.15) is 0 Å². The Kier molecular flexibility index (Phi) is 4.60. The van der Waals surface area contributed by atoms with E-state index in [0.717, 1.165) is 32.9 Å². The molecule has 0 spiro atoms. The Bertz CT molecular complexity index is 1250. The summed E-state index contributed by atoms with van der Waals surface area (Å²) in [5.41, 5.74) is 4.95. The maximum absolute atomic E-state index is 12.8. The normalized spacial score (nSPS) is 18.6. The van der Waals surface area contributed by atoms with Crippen molar-refractivity contribution in [3.05, 3.63) is 72.1 Å². The summed E-state index contributed by atoms with van der Waals surface area (Å²) < 4.78 is 10.2. The standard InChI is InChI=1S/C24H21N3O4/c1-30-23(28)21-19(15-11-25-17-9-5-3-7-13(15)17)20(22(27-21)24(29)31-2)16-12-26-18-10-6-4-8-14(16)18/h3-12,21-22,25-27H,1-2H3. The Morgan fingerprint density at radius 3 is 1.55 bits per heavy atom. The minimum atomic E-state index is -0.822. The van der Waals surface area contributed by atoms with Gasteiger partial charge in [0.1, 0.15) is 12.1 Å². The van der Waals surface area contributed by atoms with Crippen LogP contribution in [0.5, 0.6) is 0 Å². The Hall–Kier alpha value is -3.84. The fraction of sp³-hybridized carbons (Fsp3) is 0.167. The number of hydrogen-bond acceptors (Lipinski definition) is 5. The number of hydrogen-bond donors (Lipinski definition) is 3. The Morgan fingerprint density at radius 2 is 1.13 bits per heavy atom. The SMILES string of the molecule is COC(=O)C1NC(C(=O)OC)C(c2c[nH]c3ccccc23)=C1c1c[nH]c2ccccc12. The highest BCUT2D eigenvalue weighted by Gasteiger charge is 2.44. The lowest BCUT2D eigenvalue weighted by Gasteiger charge is -2.14. The summed E-state index contributed by atoms with van der Waals surface area (Å²) in [5.74, 6) is -0.937. The summed E-state index contributed by atoms with van der Waals surface area (Å²) in [6, 6.07) is 14.0. The van der Waals surface area contributed by atoms with E-state index in [4.69, 9.17) is 9.47 Å². The Morgan fingerprint density at radius 1 is 0.710 bits per heavy atom. The van der Waals surface area contributed by atoms with E-state index in [1.165, 1.54) is 14.2 Å². The number of fused-ring (bicyclic) bond motifs is 2. The third-order valence-corrected chi connectivity index (χ3v) is 5.83. The summed E-state index contributed by atoms with van der Waals surface area (Å²) in [4.78, 5) is 32.1. The molecule has 5 rings (SSSR count). The molecule has 1 aliphatic heterocycles. The van der Waals surface area contributed by atoms with Gasteiger partial charge in [0.2, 0.25) is 0 Å². The van der Waals surface area contributed by atoms with Crippen molar-refractivity contribution in [3.63, 3.8) is 0 Å². The number of ether oxygens (including phenoxy) is 2. The molecule has 2 aromatic heterocycles. The van der Waals surface area contributed by atoms with Crippen LogP contribution in [-0.2, 0) is 19.1 Å². The van der Waals surface area contributed by atoms with Crippen LogP contribution in [0.2, 0.25) is 0 Å². The van der Waals surface area contributed by atoms with Gasteiger partial charge >= 0.3 is 11.9 Å². The first kappa shape index (κ1) is 19.1. The monoisotopic (exact) mass is 415 g/mol. The first-order chi connectivity index (χ1) is 15.1. The highest BCUT2D eigenvalue weighted by Crippen LogP contribution is 2.42. The molecule has 0 bridgehead atoms. The van der Waals surface area contributed by atoms with E-state index in [1.807, 2.05) is 60.9 Å². The highest BCUT2D eigenvalue weighted by atomic mass is 16.5. The number of aromatic nitrogens is 2. The van der Waals surface area contributed by atoms with Crippen LogP contribution < -0.4 is 5.32 Å². The molecule has 156 valence electrons. The van der Waals surface area contributed by atoms with Gasteiger partial charge in [0.25, 0.3) is 0 Å². The zero-order valence-corrected chi connectivity index (χ0v) is 17.1. The van der Waals surface area contributed by atoms with Gasteiger partial charge in [0.15, 0.2) is 0 Å². The molecule has 1 aliphatic rings. The fourth-order valence-electron chi connectivity index (χ4n) is 4.44. The summed E-state index contributed by atoms with van der Waals surface area (Å²) >= 11 is 0. The van der Waals surface area contributed by atoms with Crippen molar-refractivity contribution in [3.8, 4) is 0 Å². The van der Waals surface area contributed by atoms with E-state index in [0.29, 0.717) is 11.1 Å². The molecule has 0 saturated heterocycles. The number of methoxy groups -OCH3 is 2. The van der Waals surface area contributed by atoms with E-state index in [9.17, 15) is 9.59 Å². The predicted molar refractivity (Wildman–Crippen MR) is 118 cm³/mol. The van der Waals surface area contributed by atoms with Crippen LogP contribution in [0.1, 0.15) is 11.1 Å². The molecule has 0 aliphatic carbocycles. The van der Waals surface area contributed by atoms with Gasteiger partial charge in [-0.25, -0.2) is 9.59 Å². The van der Waals surface area contributed by atoms with E-state index < -0.39 is 24.0 Å². The van der Waals surface area contributed by atoms with Gasteiger partial charge in [-0.3, -0.25) is 5.32 Å². The van der Waals surface area contributed by atoms with Gasteiger partial charge in [-0.1, -0.05) is 36.4 Å². The third-order valence-electron chi connectivity index (χ3n) is 5.83. The number of para-hydroxylation sites is 2. The highest BCUT2D eigenvalue weighted by molar-refractivity contribution is 6.17. The minimum Gasteiger partial charge on any atom is -0.468 e. The average Bonchev–Trinajstić information content (AvgIpc) is 3.52. The molecule has 2 unspecified atom stereocenters. The smallest absolute Gasteiger partial charge is 0.327 e. The number of nitrogens with one attached hydrogen (secondary N) is 3. The van der Waals surface area contributed by atoms with Crippen molar-refractivity contribution in [1.29, 1.82) is 0 Å². The lowest BCUT2D eigenvalue weighted by Crippen LogP contribution is -2.43. The molecular formula is C24H21N3O4. The quantitative estimate of drug-likeness (QED) is 0.445. The lowest BCUT2D eigenvalue weighted by atomic mass is 9.90. The summed E-state index contributed by atoms with van der Waals surface area (Å²) in [6.07, 6.45) is 3.73. The molecule has 2 atom stereocenters. The Labute approximate surface area is 178 Å². The van der Waals surface area contributed by atoms with Gasteiger partial charge in [0.05, 0.1) is 14.2 Å². The largest absolute Gasteiger partial charge is 0.468 e. The van der Waals surface area contributed by atoms with Crippen LogP contribution >= 0.6 is 0 Å². The molecular weight excluding hydrogens is 394 g/mol. The van der Waals surface area contributed by atoms with Crippen molar-refractivity contribution < 1.29 is 19.1 Å². The van der Waals surface area contributed by atoms with Crippen LogP contribution in [-0.4, -0.2) is 48.2 Å². The second kappa shape index (κ2) is 7.45. The van der Waals surface area contributed by atoms with E-state index in [1.54, 1.807) is 0 Å². The Balaban J connectivity index is 1.86. The molecule has 7 heteroatoms. The van der Waals surface area contributed by atoms with Crippen molar-refractivity contribution >= 4 is 44.9 Å². The molecule has 0 saturated carbocycles. The molecule has 4 aromatic rings. The molecule has 2 aromatic carbocycles. The predicted octanol–water partition coefficient (Wildman–Crippen LogP) is 3.25. The topological polar surface area (TPSA) is 96.2 Å². The molecule has 3 N–H and O–H groups in total. The number of aromatic amines is 2. The van der Waals surface area contributed by atoms with Crippen LogP contribution in [0.3, 0.4) is 0 Å². The first-order valence-corrected chi connectivity index (χ1v) is 9.92. The third kappa shape index (κ3) is 2.93. The van der Waals surface area contributed by atoms with Gasteiger partial charge in [0, 0.05) is 45.3 Å². The van der Waals surface area contributed by atoms with E-state index >= 15 is 0 Å². The second-order valence-electron chi connectivity index (χ2n) is 7.40. The number of benzene rings is 2. The first-order valence-electron chi connectivity index (χ1n) is 9.92. The molecule has 0 radical (unpaired) electrons. The molecule has 31 heavy (non-hydrogen) atoms. The summed E-state index contributed by atoms with van der Waals surface area (Å²) in [7, 11) is 2.68. The van der Waals surface area contributed by atoms with E-state index in [-0.39, 0.29) is 0 Å². The van der Waals surface area contributed by atoms with Crippen molar-refractivity contribution in [2.45, 2.75) is 12.1 Å². The lowest BCUT2D eigenvalue weighted by molar-refractivity contribution is -0.143. The number of H-pyrrole nitrogens is 2. The van der Waals surface area contributed by atoms with E-state index in [2.05, 4.69) is 15.3 Å². The summed E-state index contributed by atoms with van der Waals surface area (Å²) in [5, 5.41) is 5.06. The number of esters is 2. The number of rotatable bonds is 4. The second-order valence-corrected chi connectivity index (χ2v) is 7.40. The average molecular weight is 415 g/mol. The maximum atomic E-state index is 12.8. The molecule has 7 nitrogen and oxygen atoms in total. The van der Waals surface area contributed by atoms with Crippen LogP contribution in [0.4, 0.5) is 0 Å². The zero-order valence-electron chi connectivity index (χ0n) is 17.1. The van der Waals surface area contributed by atoms with Crippen molar-refractivity contribution in [2.24, 2.45) is 0 Å². The zero-order chi connectivity index (χ0) is 21.5. The fourth-order valence-corrected chi connectivity index (χ4v) is 4.44. The minimum absolute atomic E-state index is 0.468. The summed E-state index contributed by atoms with van der Waals surface area (Å²) in [6.45, 7) is 0. The van der Waals surface area contributed by atoms with Crippen molar-refractivity contribution in [1.82, 2.24) is 15.3 Å². The number of carbonyl (C=O) groups is 2. The molecule has 0 amide bonds. The van der Waals surface area contributed by atoms with Crippen molar-refractivity contribution in [2.75, 3.05) is 14.2 Å². The maximum Gasteiger partial charge on any atom is 0.327 e. The van der Waals surface area contributed by atoms with Gasteiger partial charge in [-0.15, -0.1) is 0 Å². The van der Waals surface area contributed by atoms with Gasteiger partial charge < -0.3 is 19.4 Å². The van der Waals surface area contributed by atoms with Crippen LogP contribution in [0.25, 0.3) is 33.0 Å². The molecule has 3 heterocycles. The number of carbonyl (C=O) groups excluding carboxylic acids is 2. The van der Waals surface area contributed by atoms with Crippen LogP contribution in [0, 0.1) is 0 Å². The van der Waals surface area contributed by atoms with Crippen LogP contribution in [0.15, 0.2) is 60.9 Å². The van der Waals surface area contributed by atoms with Gasteiger partial charge in [-0.05, 0) is 23.3 Å². The molecule has 0 fully saturated rings.